The molecule has 1 aromatic carbocycles. The van der Waals surface area contributed by atoms with Crippen LogP contribution in [0, 0.1) is 0 Å². The van der Waals surface area contributed by atoms with E-state index in [0.29, 0.717) is 6.61 Å². The van der Waals surface area contributed by atoms with Crippen molar-refractivity contribution in [3.8, 4) is 0 Å². The maximum absolute atomic E-state index is 5.03. The number of fused-ring (bicyclic) bond motifs is 1. The molecule has 1 aromatic rings. The molecule has 4 heteroatoms. The van der Waals surface area contributed by atoms with E-state index in [1.165, 1.54) is 11.3 Å². The van der Waals surface area contributed by atoms with Crippen molar-refractivity contribution in [1.29, 1.82) is 0 Å². The summed E-state index contributed by atoms with van der Waals surface area (Å²) in [5, 5.41) is 3.30. The third-order valence-electron chi connectivity index (χ3n) is 2.94. The highest BCUT2D eigenvalue weighted by Gasteiger charge is 2.21. The molecule has 1 aliphatic rings. The molecule has 17 heavy (non-hydrogen) atoms. The van der Waals surface area contributed by atoms with Gasteiger partial charge in [-0.3, -0.25) is 4.99 Å². The van der Waals surface area contributed by atoms with Crippen LogP contribution in [0.3, 0.4) is 0 Å². The zero-order valence-corrected chi connectivity index (χ0v) is 10.4. The maximum Gasteiger partial charge on any atom is 0.198 e. The molecule has 0 amide bonds. The fourth-order valence-electron chi connectivity index (χ4n) is 2.12. The van der Waals surface area contributed by atoms with Crippen LogP contribution in [-0.4, -0.2) is 39.8 Å². The Morgan fingerprint density at radius 3 is 3.06 bits per heavy atom. The SMILES string of the molecule is CN=C(NCCOC)N1CCc2ccccc21. The molecule has 4 nitrogen and oxygen atoms in total. The van der Waals surface area contributed by atoms with Gasteiger partial charge in [-0.05, 0) is 18.1 Å². The van der Waals surface area contributed by atoms with Gasteiger partial charge in [0.2, 0.25) is 0 Å². The molecular formula is C13H19N3O. The lowest BCUT2D eigenvalue weighted by Crippen LogP contribution is -2.41. The minimum absolute atomic E-state index is 0.689. The number of nitrogens with zero attached hydrogens (tertiary/aromatic N) is 2. The van der Waals surface area contributed by atoms with Crippen molar-refractivity contribution in [2.24, 2.45) is 4.99 Å². The summed E-state index contributed by atoms with van der Waals surface area (Å²) < 4.78 is 5.03. The fourth-order valence-corrected chi connectivity index (χ4v) is 2.12. The van der Waals surface area contributed by atoms with Crippen LogP contribution in [-0.2, 0) is 11.2 Å². The van der Waals surface area contributed by atoms with Crippen LogP contribution >= 0.6 is 0 Å². The minimum Gasteiger partial charge on any atom is -0.383 e. The van der Waals surface area contributed by atoms with Crippen molar-refractivity contribution in [3.05, 3.63) is 29.8 Å². The van der Waals surface area contributed by atoms with Crippen molar-refractivity contribution in [1.82, 2.24) is 5.32 Å². The minimum atomic E-state index is 0.689. The topological polar surface area (TPSA) is 36.9 Å². The summed E-state index contributed by atoms with van der Waals surface area (Å²) in [6.07, 6.45) is 1.08. The molecule has 0 bridgehead atoms. The molecule has 0 spiro atoms. The van der Waals surface area contributed by atoms with Gasteiger partial charge in [0.15, 0.2) is 5.96 Å². The summed E-state index contributed by atoms with van der Waals surface area (Å²) in [5.41, 5.74) is 2.65. The summed E-state index contributed by atoms with van der Waals surface area (Å²) in [6.45, 7) is 2.46. The molecule has 0 saturated carbocycles. The van der Waals surface area contributed by atoms with Gasteiger partial charge in [-0.25, -0.2) is 0 Å². The van der Waals surface area contributed by atoms with Gasteiger partial charge in [0.05, 0.1) is 6.61 Å². The van der Waals surface area contributed by atoms with E-state index in [4.69, 9.17) is 4.74 Å². The van der Waals surface area contributed by atoms with Gasteiger partial charge in [0, 0.05) is 32.9 Å². The largest absolute Gasteiger partial charge is 0.383 e. The Kier molecular flexibility index (Phi) is 3.98. The molecule has 0 fully saturated rings. The number of guanidine groups is 1. The monoisotopic (exact) mass is 233 g/mol. The van der Waals surface area contributed by atoms with Gasteiger partial charge in [-0.15, -0.1) is 0 Å². The Morgan fingerprint density at radius 1 is 1.47 bits per heavy atom. The predicted octanol–water partition coefficient (Wildman–Crippen LogP) is 1.27. The number of benzene rings is 1. The zero-order chi connectivity index (χ0) is 12.1. The molecule has 0 aromatic heterocycles. The summed E-state index contributed by atoms with van der Waals surface area (Å²) in [7, 11) is 3.52. The van der Waals surface area contributed by atoms with E-state index in [1.807, 2.05) is 7.05 Å². The van der Waals surface area contributed by atoms with Crippen molar-refractivity contribution < 1.29 is 4.74 Å². The Hall–Kier alpha value is -1.55. The fraction of sp³-hybridized carbons (Fsp3) is 0.462. The summed E-state index contributed by atoms with van der Waals surface area (Å²) >= 11 is 0. The first kappa shape index (κ1) is 11.9. The second-order valence-corrected chi connectivity index (χ2v) is 4.00. The molecule has 1 heterocycles. The van der Waals surface area contributed by atoms with Gasteiger partial charge in [-0.2, -0.15) is 0 Å². The smallest absolute Gasteiger partial charge is 0.198 e. The molecule has 0 saturated heterocycles. The molecular weight excluding hydrogens is 214 g/mol. The third-order valence-corrected chi connectivity index (χ3v) is 2.94. The van der Waals surface area contributed by atoms with Crippen molar-refractivity contribution >= 4 is 11.6 Å². The molecule has 0 aliphatic carbocycles. The highest BCUT2D eigenvalue weighted by molar-refractivity contribution is 5.97. The molecule has 0 atom stereocenters. The number of methoxy groups -OCH3 is 1. The first-order chi connectivity index (χ1) is 8.36. The molecule has 0 radical (unpaired) electrons. The number of nitrogens with one attached hydrogen (secondary N) is 1. The van der Waals surface area contributed by atoms with Crippen LogP contribution in [0.5, 0.6) is 0 Å². The number of hydrogen-bond acceptors (Lipinski definition) is 2. The highest BCUT2D eigenvalue weighted by Crippen LogP contribution is 2.27. The molecule has 0 unspecified atom stereocenters. The second kappa shape index (κ2) is 5.68. The van der Waals surface area contributed by atoms with Gasteiger partial charge < -0.3 is 15.0 Å². The zero-order valence-electron chi connectivity index (χ0n) is 10.4. The van der Waals surface area contributed by atoms with Crippen LogP contribution in [0.1, 0.15) is 5.56 Å². The summed E-state index contributed by atoms with van der Waals surface area (Å²) in [4.78, 5) is 6.54. The number of ether oxygens (including phenoxy) is 1. The van der Waals surface area contributed by atoms with E-state index in [1.54, 1.807) is 7.11 Å². The average Bonchev–Trinajstić information content (AvgIpc) is 2.79. The molecule has 1 N–H and O–H groups in total. The van der Waals surface area contributed by atoms with E-state index >= 15 is 0 Å². The van der Waals surface area contributed by atoms with Crippen LogP contribution in [0.4, 0.5) is 5.69 Å². The van der Waals surface area contributed by atoms with Gasteiger partial charge in [0.25, 0.3) is 0 Å². The standard InChI is InChI=1S/C13H19N3O/c1-14-13(15-8-10-17-2)16-9-7-11-5-3-4-6-12(11)16/h3-6H,7-10H2,1-2H3,(H,14,15). The normalized spacial score (nSPS) is 14.9. The molecule has 1 aliphatic heterocycles. The van der Waals surface area contributed by atoms with Crippen LogP contribution in [0.15, 0.2) is 29.3 Å². The van der Waals surface area contributed by atoms with Gasteiger partial charge >= 0.3 is 0 Å². The maximum atomic E-state index is 5.03. The quantitative estimate of drug-likeness (QED) is 0.485. The van der Waals surface area contributed by atoms with E-state index < -0.39 is 0 Å². The summed E-state index contributed by atoms with van der Waals surface area (Å²) in [5.74, 6) is 0.923. The third kappa shape index (κ3) is 2.58. The van der Waals surface area contributed by atoms with Crippen molar-refractivity contribution in [3.63, 3.8) is 0 Å². The van der Waals surface area contributed by atoms with Crippen LogP contribution in [0.2, 0.25) is 0 Å². The van der Waals surface area contributed by atoms with Gasteiger partial charge in [-0.1, -0.05) is 18.2 Å². The number of para-hydroxylation sites is 1. The van der Waals surface area contributed by atoms with Crippen molar-refractivity contribution in [2.45, 2.75) is 6.42 Å². The lowest BCUT2D eigenvalue weighted by molar-refractivity contribution is 0.204. The lowest BCUT2D eigenvalue weighted by atomic mass is 10.2. The molecule has 2 rings (SSSR count). The summed E-state index contributed by atoms with van der Waals surface area (Å²) in [6, 6.07) is 8.48. The average molecular weight is 233 g/mol. The van der Waals surface area contributed by atoms with Crippen LogP contribution < -0.4 is 10.2 Å². The molecule has 92 valence electrons. The number of anilines is 1. The Bertz CT molecular complexity index is 403. The van der Waals surface area contributed by atoms with E-state index in [2.05, 4.69) is 39.5 Å². The number of rotatable bonds is 3. The van der Waals surface area contributed by atoms with Crippen molar-refractivity contribution in [2.75, 3.05) is 38.8 Å². The Balaban J connectivity index is 2.07. The van der Waals surface area contributed by atoms with E-state index in [9.17, 15) is 0 Å². The van der Waals surface area contributed by atoms with Crippen LogP contribution in [0.25, 0.3) is 0 Å². The first-order valence-corrected chi connectivity index (χ1v) is 5.92. The second-order valence-electron chi connectivity index (χ2n) is 4.00. The lowest BCUT2D eigenvalue weighted by Gasteiger charge is -2.22. The number of hydrogen-bond donors (Lipinski definition) is 1. The predicted molar refractivity (Wildman–Crippen MR) is 70.7 cm³/mol. The Labute approximate surface area is 102 Å². The first-order valence-electron chi connectivity index (χ1n) is 5.92. The van der Waals surface area contributed by atoms with E-state index in [0.717, 1.165) is 25.5 Å². The highest BCUT2D eigenvalue weighted by atomic mass is 16.5. The number of aliphatic imine (C=N–C) groups is 1. The van der Waals surface area contributed by atoms with Gasteiger partial charge in [0.1, 0.15) is 0 Å². The Morgan fingerprint density at radius 2 is 2.29 bits per heavy atom. The van der Waals surface area contributed by atoms with E-state index in [-0.39, 0.29) is 0 Å².